The largest absolute Gasteiger partial charge is 0.461 e. The fourth-order valence-electron chi connectivity index (χ4n) is 5.87. The lowest BCUT2D eigenvalue weighted by Gasteiger charge is -2.41. The van der Waals surface area contributed by atoms with E-state index in [9.17, 15) is 9.59 Å². The summed E-state index contributed by atoms with van der Waals surface area (Å²) in [4.78, 5) is 24.2. The third-order valence-corrected chi connectivity index (χ3v) is 6.58. The van der Waals surface area contributed by atoms with Gasteiger partial charge in [-0.2, -0.15) is 0 Å². The summed E-state index contributed by atoms with van der Waals surface area (Å²) >= 11 is 0. The predicted molar refractivity (Wildman–Crippen MR) is 75.9 cm³/mol. The van der Waals surface area contributed by atoms with Gasteiger partial charge in [-0.05, 0) is 37.7 Å². The van der Waals surface area contributed by atoms with Gasteiger partial charge in [-0.15, -0.1) is 0 Å². The Bertz CT molecular complexity index is 518. The van der Waals surface area contributed by atoms with Crippen LogP contribution in [0.2, 0.25) is 0 Å². The van der Waals surface area contributed by atoms with Crippen LogP contribution in [-0.2, 0) is 14.3 Å². The molecule has 3 nitrogen and oxygen atoms in total. The van der Waals surface area contributed by atoms with Crippen LogP contribution in [-0.4, -0.2) is 17.9 Å². The fourth-order valence-corrected chi connectivity index (χ4v) is 5.87. The van der Waals surface area contributed by atoms with E-state index in [1.165, 1.54) is 6.92 Å². The van der Waals surface area contributed by atoms with E-state index in [1.54, 1.807) is 6.08 Å². The number of rotatable bonds is 1. The van der Waals surface area contributed by atoms with Crippen LogP contribution in [0, 0.1) is 28.1 Å². The van der Waals surface area contributed by atoms with Crippen molar-refractivity contribution in [2.75, 3.05) is 0 Å². The summed E-state index contributed by atoms with van der Waals surface area (Å²) in [7, 11) is 0. The first kappa shape index (κ1) is 13.8. The minimum absolute atomic E-state index is 0.131. The molecule has 0 aromatic rings. The van der Waals surface area contributed by atoms with Gasteiger partial charge in [0, 0.05) is 17.8 Å². The number of ether oxygens (including phenoxy) is 1. The predicted octanol–water partition coefficient (Wildman–Crippen LogP) is 3.14. The smallest absolute Gasteiger partial charge is 0.302 e. The standard InChI is InChI=1S/C17H24O3/c1-10-6-7-12-15(3,4)14(20-11(2)18)16(5)13(19)8-9-17(10,12)16/h8-10,12,14H,6-7H2,1-5H3/t10-,12+,14+,16+,17-/m1/s1. The van der Waals surface area contributed by atoms with Gasteiger partial charge in [-0.3, -0.25) is 9.59 Å². The SMILES string of the molecule is CC(=O)O[C@H]1C(C)(C)[C@@H]2CC[C@@H](C)[C@]23C=CC(=O)[C@@]13C. The topological polar surface area (TPSA) is 43.4 Å². The van der Waals surface area contributed by atoms with Crippen LogP contribution < -0.4 is 0 Å². The van der Waals surface area contributed by atoms with Crippen molar-refractivity contribution in [3.63, 3.8) is 0 Å². The molecule has 0 bridgehead atoms. The molecule has 0 aromatic carbocycles. The Morgan fingerprint density at radius 1 is 1.30 bits per heavy atom. The Balaban J connectivity index is 2.20. The highest BCUT2D eigenvalue weighted by Crippen LogP contribution is 2.75. The van der Waals surface area contributed by atoms with Crippen LogP contribution in [0.4, 0.5) is 0 Å². The van der Waals surface area contributed by atoms with Gasteiger partial charge >= 0.3 is 5.97 Å². The number of hydrogen-bond donors (Lipinski definition) is 0. The van der Waals surface area contributed by atoms with Crippen LogP contribution in [0.3, 0.4) is 0 Å². The van der Waals surface area contributed by atoms with E-state index < -0.39 is 5.41 Å². The van der Waals surface area contributed by atoms with Crippen molar-refractivity contribution in [3.8, 4) is 0 Å². The van der Waals surface area contributed by atoms with Crippen LogP contribution in [0.5, 0.6) is 0 Å². The van der Waals surface area contributed by atoms with E-state index in [0.717, 1.165) is 12.8 Å². The van der Waals surface area contributed by atoms with Gasteiger partial charge in [0.2, 0.25) is 0 Å². The summed E-state index contributed by atoms with van der Waals surface area (Å²) in [5.41, 5.74) is -0.887. The molecule has 5 atom stereocenters. The summed E-state index contributed by atoms with van der Waals surface area (Å²) in [5, 5.41) is 0. The lowest BCUT2D eigenvalue weighted by Crippen LogP contribution is -2.48. The summed E-state index contributed by atoms with van der Waals surface area (Å²) in [6.07, 6.45) is 5.80. The molecule has 110 valence electrons. The molecule has 2 saturated carbocycles. The average Bonchev–Trinajstić information content (AvgIpc) is 2.86. The average molecular weight is 276 g/mol. The molecule has 0 amide bonds. The quantitative estimate of drug-likeness (QED) is 0.691. The molecule has 1 spiro atoms. The molecule has 2 fully saturated rings. The number of allylic oxidation sites excluding steroid dienone is 2. The molecule has 20 heavy (non-hydrogen) atoms. The molecular weight excluding hydrogens is 252 g/mol. The minimum atomic E-state index is -0.594. The Hall–Kier alpha value is -1.12. The van der Waals surface area contributed by atoms with E-state index >= 15 is 0 Å². The second-order valence-corrected chi connectivity index (χ2v) is 7.67. The summed E-state index contributed by atoms with van der Waals surface area (Å²) in [5.74, 6) is 0.710. The highest BCUT2D eigenvalue weighted by molar-refractivity contribution is 6.00. The van der Waals surface area contributed by atoms with Crippen LogP contribution >= 0.6 is 0 Å². The minimum Gasteiger partial charge on any atom is -0.461 e. The van der Waals surface area contributed by atoms with Gasteiger partial charge in [0.05, 0.1) is 5.41 Å². The normalized spacial score (nSPS) is 48.2. The van der Waals surface area contributed by atoms with Crippen molar-refractivity contribution in [3.05, 3.63) is 12.2 Å². The molecular formula is C17H24O3. The van der Waals surface area contributed by atoms with E-state index in [2.05, 4.69) is 26.8 Å². The highest BCUT2D eigenvalue weighted by atomic mass is 16.5. The number of hydrogen-bond acceptors (Lipinski definition) is 3. The summed E-state index contributed by atoms with van der Waals surface area (Å²) in [6.45, 7) is 10.0. The maximum Gasteiger partial charge on any atom is 0.302 e. The van der Waals surface area contributed by atoms with Crippen molar-refractivity contribution in [2.24, 2.45) is 28.1 Å². The second-order valence-electron chi connectivity index (χ2n) is 7.67. The number of ketones is 1. The maximum atomic E-state index is 12.7. The zero-order valence-electron chi connectivity index (χ0n) is 13.0. The number of carbonyl (C=O) groups is 2. The summed E-state index contributed by atoms with van der Waals surface area (Å²) < 4.78 is 5.69. The van der Waals surface area contributed by atoms with Gasteiger partial charge in [0.15, 0.2) is 5.78 Å². The van der Waals surface area contributed by atoms with Crippen LogP contribution in [0.15, 0.2) is 12.2 Å². The van der Waals surface area contributed by atoms with Crippen LogP contribution in [0.25, 0.3) is 0 Å². The third kappa shape index (κ3) is 1.23. The molecule has 0 N–H and O–H groups in total. The van der Waals surface area contributed by atoms with Crippen LogP contribution in [0.1, 0.15) is 47.5 Å². The van der Waals surface area contributed by atoms with Gasteiger partial charge in [-0.25, -0.2) is 0 Å². The van der Waals surface area contributed by atoms with Crippen molar-refractivity contribution in [1.29, 1.82) is 0 Å². The molecule has 0 aliphatic heterocycles. The Morgan fingerprint density at radius 2 is 1.95 bits per heavy atom. The Morgan fingerprint density at radius 3 is 2.55 bits per heavy atom. The van der Waals surface area contributed by atoms with Gasteiger partial charge < -0.3 is 4.74 Å². The van der Waals surface area contributed by atoms with Gasteiger partial charge in [-0.1, -0.05) is 26.8 Å². The molecule has 0 heterocycles. The van der Waals surface area contributed by atoms with E-state index in [4.69, 9.17) is 4.74 Å². The fraction of sp³-hybridized carbons (Fsp3) is 0.765. The Kier molecular flexibility index (Phi) is 2.59. The molecule has 0 saturated heterocycles. The lowest BCUT2D eigenvalue weighted by molar-refractivity contribution is -0.163. The molecule has 0 unspecified atom stereocenters. The van der Waals surface area contributed by atoms with Gasteiger partial charge in [0.25, 0.3) is 0 Å². The van der Waals surface area contributed by atoms with Crippen molar-refractivity contribution in [1.82, 2.24) is 0 Å². The van der Waals surface area contributed by atoms with Crippen molar-refractivity contribution >= 4 is 11.8 Å². The Labute approximate surface area is 120 Å². The number of carbonyl (C=O) groups excluding carboxylic acids is 2. The third-order valence-electron chi connectivity index (χ3n) is 6.58. The first-order valence-electron chi connectivity index (χ1n) is 7.60. The lowest BCUT2D eigenvalue weighted by atomic mass is 9.61. The highest BCUT2D eigenvalue weighted by Gasteiger charge is 2.77. The first-order chi connectivity index (χ1) is 9.19. The molecule has 3 aliphatic carbocycles. The van der Waals surface area contributed by atoms with E-state index in [-0.39, 0.29) is 28.7 Å². The first-order valence-corrected chi connectivity index (χ1v) is 7.60. The molecule has 3 aliphatic rings. The molecule has 3 heteroatoms. The zero-order valence-corrected chi connectivity index (χ0v) is 13.0. The maximum absolute atomic E-state index is 12.7. The monoisotopic (exact) mass is 276 g/mol. The molecule has 0 aromatic heterocycles. The molecule has 0 radical (unpaired) electrons. The van der Waals surface area contributed by atoms with E-state index in [0.29, 0.717) is 11.8 Å². The summed E-state index contributed by atoms with van der Waals surface area (Å²) in [6, 6.07) is 0. The van der Waals surface area contributed by atoms with Crippen molar-refractivity contribution in [2.45, 2.75) is 53.6 Å². The van der Waals surface area contributed by atoms with E-state index in [1.807, 2.05) is 6.92 Å². The van der Waals surface area contributed by atoms with Crippen molar-refractivity contribution < 1.29 is 14.3 Å². The second kappa shape index (κ2) is 3.75. The number of esters is 1. The molecule has 3 rings (SSSR count). The van der Waals surface area contributed by atoms with Gasteiger partial charge in [0.1, 0.15) is 6.10 Å². The zero-order chi connectivity index (χ0) is 14.9.